The first-order valence-corrected chi connectivity index (χ1v) is 8.94. The van der Waals surface area contributed by atoms with E-state index in [2.05, 4.69) is 20.5 Å². The number of hydrogen-bond donors (Lipinski definition) is 2. The number of methoxy groups -OCH3 is 2. The zero-order chi connectivity index (χ0) is 19.6. The van der Waals surface area contributed by atoms with Crippen LogP contribution in [0.2, 0.25) is 0 Å². The number of furan rings is 1. The molecule has 0 radical (unpaired) electrons. The highest BCUT2D eigenvalue weighted by Gasteiger charge is 2.17. The van der Waals surface area contributed by atoms with Gasteiger partial charge in [0.2, 0.25) is 0 Å². The molecule has 7 nitrogen and oxygen atoms in total. The van der Waals surface area contributed by atoms with Crippen LogP contribution in [0.3, 0.4) is 0 Å². The molecule has 0 aliphatic rings. The second-order valence-corrected chi connectivity index (χ2v) is 6.31. The van der Waals surface area contributed by atoms with E-state index in [-0.39, 0.29) is 6.04 Å². The number of ether oxygens (including phenoxy) is 2. The molecule has 0 bridgehead atoms. The lowest BCUT2D eigenvalue weighted by atomic mass is 10.1. The molecule has 0 fully saturated rings. The summed E-state index contributed by atoms with van der Waals surface area (Å²) < 4.78 is 16.2. The summed E-state index contributed by atoms with van der Waals surface area (Å²) in [5.41, 5.74) is 1.16. The molecular weight excluding hydrogens is 344 g/mol. The van der Waals surface area contributed by atoms with Gasteiger partial charge in [-0.05, 0) is 50.3 Å². The van der Waals surface area contributed by atoms with Crippen molar-refractivity contribution < 1.29 is 13.9 Å². The molecule has 1 aromatic carbocycles. The lowest BCUT2D eigenvalue weighted by Gasteiger charge is -2.23. The molecule has 0 saturated heterocycles. The van der Waals surface area contributed by atoms with E-state index in [1.54, 1.807) is 27.5 Å². The molecule has 2 aromatic rings. The highest BCUT2D eigenvalue weighted by molar-refractivity contribution is 5.79. The van der Waals surface area contributed by atoms with E-state index in [0.29, 0.717) is 6.54 Å². The predicted octanol–water partition coefficient (Wildman–Crippen LogP) is 2.31. The molecule has 7 heteroatoms. The Hall–Kier alpha value is -2.67. The highest BCUT2D eigenvalue weighted by atomic mass is 16.5. The molecule has 1 aromatic heterocycles. The molecule has 0 aliphatic heterocycles. The monoisotopic (exact) mass is 374 g/mol. The number of guanidine groups is 1. The van der Waals surface area contributed by atoms with Crippen molar-refractivity contribution in [1.29, 1.82) is 0 Å². The van der Waals surface area contributed by atoms with Crippen molar-refractivity contribution in [1.82, 2.24) is 15.5 Å². The van der Waals surface area contributed by atoms with Crippen molar-refractivity contribution in [3.63, 3.8) is 0 Å². The van der Waals surface area contributed by atoms with Crippen LogP contribution in [0.15, 0.2) is 46.0 Å². The van der Waals surface area contributed by atoms with Crippen LogP contribution in [0.4, 0.5) is 0 Å². The fourth-order valence-corrected chi connectivity index (χ4v) is 2.79. The molecular formula is C20H30N4O3. The molecule has 0 amide bonds. The number of rotatable bonds is 9. The van der Waals surface area contributed by atoms with Crippen LogP contribution in [0.1, 0.15) is 17.4 Å². The van der Waals surface area contributed by atoms with E-state index in [9.17, 15) is 0 Å². The normalized spacial score (nSPS) is 12.7. The maximum Gasteiger partial charge on any atom is 0.191 e. The number of likely N-dealkylation sites (N-methyl/N-ethyl adjacent to an activating group) is 1. The number of nitrogens with zero attached hydrogens (tertiary/aromatic N) is 2. The zero-order valence-electron chi connectivity index (χ0n) is 16.8. The summed E-state index contributed by atoms with van der Waals surface area (Å²) >= 11 is 0. The third kappa shape index (κ3) is 5.92. The molecule has 1 atom stereocenters. The number of benzene rings is 1. The van der Waals surface area contributed by atoms with Gasteiger partial charge in [-0.3, -0.25) is 9.89 Å². The third-order valence-electron chi connectivity index (χ3n) is 4.34. The van der Waals surface area contributed by atoms with Crippen molar-refractivity contribution in [3.8, 4) is 11.5 Å². The summed E-state index contributed by atoms with van der Waals surface area (Å²) in [4.78, 5) is 6.41. The first-order valence-electron chi connectivity index (χ1n) is 8.94. The smallest absolute Gasteiger partial charge is 0.191 e. The Balaban J connectivity index is 1.85. The quantitative estimate of drug-likeness (QED) is 0.518. The lowest BCUT2D eigenvalue weighted by molar-refractivity contribution is 0.258. The highest BCUT2D eigenvalue weighted by Crippen LogP contribution is 2.27. The maximum atomic E-state index is 5.54. The van der Waals surface area contributed by atoms with Gasteiger partial charge < -0.3 is 24.5 Å². The Morgan fingerprint density at radius 3 is 2.52 bits per heavy atom. The minimum Gasteiger partial charge on any atom is -0.493 e. The number of hydrogen-bond acceptors (Lipinski definition) is 5. The van der Waals surface area contributed by atoms with Crippen LogP contribution in [0, 0.1) is 0 Å². The molecule has 0 saturated carbocycles. The van der Waals surface area contributed by atoms with Crippen LogP contribution in [0.5, 0.6) is 11.5 Å². The topological polar surface area (TPSA) is 71.3 Å². The Bertz CT molecular complexity index is 714. The second-order valence-electron chi connectivity index (χ2n) is 6.31. The average molecular weight is 374 g/mol. The van der Waals surface area contributed by atoms with E-state index in [0.717, 1.165) is 41.7 Å². The lowest BCUT2D eigenvalue weighted by Crippen LogP contribution is -2.42. The van der Waals surface area contributed by atoms with E-state index in [1.807, 2.05) is 44.4 Å². The maximum absolute atomic E-state index is 5.54. The van der Waals surface area contributed by atoms with E-state index >= 15 is 0 Å². The molecule has 2 rings (SSSR count). The predicted molar refractivity (Wildman–Crippen MR) is 108 cm³/mol. The van der Waals surface area contributed by atoms with Gasteiger partial charge in [0.05, 0.1) is 26.5 Å². The summed E-state index contributed by atoms with van der Waals surface area (Å²) in [5.74, 6) is 3.16. The first kappa shape index (κ1) is 20.6. The molecule has 2 N–H and O–H groups in total. The van der Waals surface area contributed by atoms with E-state index < -0.39 is 0 Å². The summed E-state index contributed by atoms with van der Waals surface area (Å²) in [6.07, 6.45) is 2.54. The van der Waals surface area contributed by atoms with Gasteiger partial charge in [0.1, 0.15) is 5.76 Å². The van der Waals surface area contributed by atoms with Crippen molar-refractivity contribution in [2.24, 2.45) is 4.99 Å². The van der Waals surface area contributed by atoms with Crippen LogP contribution >= 0.6 is 0 Å². The molecule has 0 aliphatic carbocycles. The van der Waals surface area contributed by atoms with Gasteiger partial charge in [-0.1, -0.05) is 6.07 Å². The van der Waals surface area contributed by atoms with Crippen molar-refractivity contribution >= 4 is 5.96 Å². The molecule has 27 heavy (non-hydrogen) atoms. The summed E-state index contributed by atoms with van der Waals surface area (Å²) in [5, 5.41) is 6.70. The van der Waals surface area contributed by atoms with Gasteiger partial charge in [-0.25, -0.2) is 0 Å². The van der Waals surface area contributed by atoms with Crippen molar-refractivity contribution in [3.05, 3.63) is 47.9 Å². The Kier molecular flexibility index (Phi) is 8.00. The van der Waals surface area contributed by atoms with Gasteiger partial charge in [0.25, 0.3) is 0 Å². The van der Waals surface area contributed by atoms with Gasteiger partial charge >= 0.3 is 0 Å². The van der Waals surface area contributed by atoms with Gasteiger partial charge in [-0.2, -0.15) is 0 Å². The molecule has 0 spiro atoms. The van der Waals surface area contributed by atoms with Gasteiger partial charge in [0, 0.05) is 20.1 Å². The minimum atomic E-state index is 0.129. The van der Waals surface area contributed by atoms with Crippen molar-refractivity contribution in [2.45, 2.75) is 12.5 Å². The second kappa shape index (κ2) is 10.5. The third-order valence-corrected chi connectivity index (χ3v) is 4.34. The van der Waals surface area contributed by atoms with Crippen LogP contribution in [0.25, 0.3) is 0 Å². The van der Waals surface area contributed by atoms with Crippen LogP contribution in [-0.2, 0) is 6.42 Å². The largest absolute Gasteiger partial charge is 0.493 e. The number of aliphatic imine (C=N–C) groups is 1. The van der Waals surface area contributed by atoms with Crippen LogP contribution in [-0.4, -0.2) is 59.3 Å². The van der Waals surface area contributed by atoms with Crippen LogP contribution < -0.4 is 20.1 Å². The van der Waals surface area contributed by atoms with Gasteiger partial charge in [-0.15, -0.1) is 0 Å². The first-order chi connectivity index (χ1) is 13.1. The Morgan fingerprint density at radius 1 is 1.15 bits per heavy atom. The SMILES string of the molecule is CN=C(NCCc1ccc(OC)c(OC)c1)NCC(c1ccco1)N(C)C. The summed E-state index contributed by atoms with van der Waals surface area (Å²) in [7, 11) is 9.11. The molecule has 1 unspecified atom stereocenters. The van der Waals surface area contributed by atoms with E-state index in [1.165, 1.54) is 0 Å². The summed E-state index contributed by atoms with van der Waals surface area (Å²) in [6.45, 7) is 1.44. The molecule has 1 heterocycles. The fourth-order valence-electron chi connectivity index (χ4n) is 2.79. The van der Waals surface area contributed by atoms with E-state index in [4.69, 9.17) is 13.9 Å². The van der Waals surface area contributed by atoms with Crippen molar-refractivity contribution in [2.75, 3.05) is 48.5 Å². The molecule has 148 valence electrons. The Morgan fingerprint density at radius 2 is 1.93 bits per heavy atom. The number of nitrogens with one attached hydrogen (secondary N) is 2. The summed E-state index contributed by atoms with van der Waals surface area (Å²) in [6, 6.07) is 9.98. The average Bonchev–Trinajstić information content (AvgIpc) is 3.20. The van der Waals surface area contributed by atoms with Gasteiger partial charge in [0.15, 0.2) is 17.5 Å². The zero-order valence-corrected chi connectivity index (χ0v) is 16.8. The minimum absolute atomic E-state index is 0.129. The standard InChI is InChI=1S/C20H30N4O3/c1-21-20(23-14-16(24(2)3)17-7-6-12-27-17)22-11-10-15-8-9-18(25-4)19(13-15)26-5/h6-9,12-13,16H,10-11,14H2,1-5H3,(H2,21,22,23). The fraction of sp³-hybridized carbons (Fsp3) is 0.450. The Labute approximate surface area is 161 Å².